The minimum absolute atomic E-state index is 0.228. The summed E-state index contributed by atoms with van der Waals surface area (Å²) in [4.78, 5) is 23.6. The highest BCUT2D eigenvalue weighted by Gasteiger charge is 2.38. The number of carbonyl (C=O) groups excluding carboxylic acids is 1. The monoisotopic (exact) mass is 390 g/mol. The van der Waals surface area contributed by atoms with Crippen molar-refractivity contribution in [3.05, 3.63) is 23.9 Å². The number of ether oxygens (including phenoxy) is 1. The van der Waals surface area contributed by atoms with Crippen LogP contribution in [0.1, 0.15) is 17.3 Å². The molecule has 0 aliphatic carbocycles. The lowest BCUT2D eigenvalue weighted by molar-refractivity contribution is 0.0526. The Morgan fingerprint density at radius 3 is 2.36 bits per heavy atom. The van der Waals surface area contributed by atoms with Gasteiger partial charge in [-0.25, -0.2) is 9.78 Å². The third-order valence-electron chi connectivity index (χ3n) is 4.08. The zero-order chi connectivity index (χ0) is 20.8. The smallest absolute Gasteiger partial charge is 0.451 e. The van der Waals surface area contributed by atoms with Gasteiger partial charge in [0.25, 0.3) is 0 Å². The van der Waals surface area contributed by atoms with Crippen LogP contribution in [0.25, 0.3) is 0 Å². The Labute approximate surface area is 165 Å². The molecular weight excluding hydrogens is 365 g/mol. The number of aromatic nitrogens is 1. The fraction of sp³-hybridized carbons (Fsp3) is 0.533. The standard InChI is InChI=1S/C15H25B3N4O6/c1-5-27-14(23)11-6-7-19-13(8-11)20-15-21(16(2)24)9-12(28-18(4)26)10-22(15)17(3)25/h6-8,12,24-26H,5,9-10H2,1-4H3. The van der Waals surface area contributed by atoms with E-state index in [1.165, 1.54) is 34.8 Å². The van der Waals surface area contributed by atoms with Gasteiger partial charge in [0.2, 0.25) is 0 Å². The Morgan fingerprint density at radius 1 is 1.25 bits per heavy atom. The van der Waals surface area contributed by atoms with Gasteiger partial charge in [0.15, 0.2) is 11.8 Å². The van der Waals surface area contributed by atoms with Crippen LogP contribution in [0.2, 0.25) is 20.5 Å². The molecule has 0 aromatic carbocycles. The average Bonchev–Trinajstić information content (AvgIpc) is 2.62. The molecular formula is C15H25B3N4O6. The van der Waals surface area contributed by atoms with E-state index >= 15 is 0 Å². The van der Waals surface area contributed by atoms with E-state index in [-0.39, 0.29) is 31.5 Å². The topological polar surface area (TPSA) is 128 Å². The molecule has 0 amide bonds. The van der Waals surface area contributed by atoms with Crippen molar-refractivity contribution in [3.63, 3.8) is 0 Å². The van der Waals surface area contributed by atoms with Crippen LogP contribution in [-0.2, 0) is 9.39 Å². The first kappa shape index (κ1) is 22.2. The summed E-state index contributed by atoms with van der Waals surface area (Å²) >= 11 is 0. The highest BCUT2D eigenvalue weighted by atomic mass is 16.5. The highest BCUT2D eigenvalue weighted by molar-refractivity contribution is 6.54. The molecule has 0 unspecified atom stereocenters. The molecule has 1 saturated heterocycles. The molecule has 10 nitrogen and oxygen atoms in total. The predicted molar refractivity (Wildman–Crippen MR) is 107 cm³/mol. The van der Waals surface area contributed by atoms with Crippen molar-refractivity contribution in [2.45, 2.75) is 33.5 Å². The summed E-state index contributed by atoms with van der Waals surface area (Å²) in [5, 5.41) is 29.9. The van der Waals surface area contributed by atoms with E-state index in [0.717, 1.165) is 0 Å². The number of aliphatic imine (C=N–C) groups is 1. The van der Waals surface area contributed by atoms with Crippen LogP contribution in [0.5, 0.6) is 0 Å². The first-order valence-corrected chi connectivity index (χ1v) is 9.17. The highest BCUT2D eigenvalue weighted by Crippen LogP contribution is 2.19. The first-order chi connectivity index (χ1) is 13.2. The molecule has 0 radical (unpaired) electrons. The molecule has 3 N–H and O–H groups in total. The van der Waals surface area contributed by atoms with Gasteiger partial charge in [-0.05, 0) is 39.5 Å². The lowest BCUT2D eigenvalue weighted by Crippen LogP contribution is -2.64. The van der Waals surface area contributed by atoms with Crippen molar-refractivity contribution in [3.8, 4) is 0 Å². The predicted octanol–water partition coefficient (Wildman–Crippen LogP) is -0.421. The Morgan fingerprint density at radius 2 is 1.86 bits per heavy atom. The second kappa shape index (κ2) is 9.92. The fourth-order valence-corrected chi connectivity index (χ4v) is 2.88. The number of esters is 1. The van der Waals surface area contributed by atoms with Crippen LogP contribution in [0.3, 0.4) is 0 Å². The van der Waals surface area contributed by atoms with Crippen molar-refractivity contribution in [1.29, 1.82) is 0 Å². The van der Waals surface area contributed by atoms with Crippen LogP contribution in [0, 0.1) is 0 Å². The first-order valence-electron chi connectivity index (χ1n) is 9.17. The van der Waals surface area contributed by atoms with E-state index in [0.29, 0.717) is 5.56 Å². The van der Waals surface area contributed by atoms with E-state index in [9.17, 15) is 19.9 Å². The lowest BCUT2D eigenvalue weighted by atomic mass is 9.79. The van der Waals surface area contributed by atoms with Crippen molar-refractivity contribution in [2.24, 2.45) is 4.99 Å². The van der Waals surface area contributed by atoms with Crippen molar-refractivity contribution in [1.82, 2.24) is 14.6 Å². The molecule has 0 atom stereocenters. The SMILES string of the molecule is CCOC(=O)c1ccnc(N=C2N(B(C)O)CC(OB(C)O)CN2B(C)O)c1. The van der Waals surface area contributed by atoms with Crippen molar-refractivity contribution < 1.29 is 29.3 Å². The molecule has 1 aromatic rings. The molecule has 0 spiro atoms. The zero-order valence-corrected chi connectivity index (χ0v) is 16.5. The lowest BCUT2D eigenvalue weighted by Gasteiger charge is -2.44. The molecule has 0 bridgehead atoms. The second-order valence-electron chi connectivity index (χ2n) is 6.46. The van der Waals surface area contributed by atoms with Crippen molar-refractivity contribution >= 4 is 39.0 Å². The van der Waals surface area contributed by atoms with E-state index in [4.69, 9.17) is 9.39 Å². The van der Waals surface area contributed by atoms with Gasteiger partial charge in [-0.2, -0.15) is 4.99 Å². The number of nitrogens with zero attached hydrogens (tertiary/aromatic N) is 4. The van der Waals surface area contributed by atoms with E-state index in [2.05, 4.69) is 9.98 Å². The van der Waals surface area contributed by atoms with Crippen LogP contribution in [0.15, 0.2) is 23.3 Å². The summed E-state index contributed by atoms with van der Waals surface area (Å²) in [5.74, 6) is 0.0239. The fourth-order valence-electron chi connectivity index (χ4n) is 2.88. The molecule has 1 fully saturated rings. The molecule has 1 aliphatic rings. The van der Waals surface area contributed by atoms with Gasteiger partial charge in [-0.1, -0.05) is 0 Å². The van der Waals surface area contributed by atoms with Gasteiger partial charge < -0.3 is 34.1 Å². The van der Waals surface area contributed by atoms with Gasteiger partial charge in [0.05, 0.1) is 18.3 Å². The number of hydrogen-bond donors (Lipinski definition) is 3. The molecule has 1 aromatic heterocycles. The zero-order valence-electron chi connectivity index (χ0n) is 16.5. The van der Waals surface area contributed by atoms with Crippen LogP contribution in [-0.4, -0.2) is 88.6 Å². The van der Waals surface area contributed by atoms with E-state index in [1.807, 2.05) is 0 Å². The van der Waals surface area contributed by atoms with Gasteiger partial charge in [0.1, 0.15) is 0 Å². The molecule has 150 valence electrons. The maximum atomic E-state index is 11.9. The largest absolute Gasteiger partial charge is 0.462 e. The summed E-state index contributed by atoms with van der Waals surface area (Å²) in [6.07, 6.45) is 0.981. The average molecular weight is 390 g/mol. The Hall–Kier alpha value is -2.08. The normalized spacial score (nSPS) is 16.7. The molecule has 28 heavy (non-hydrogen) atoms. The third kappa shape index (κ3) is 5.71. The molecule has 0 saturated carbocycles. The third-order valence-corrected chi connectivity index (χ3v) is 4.08. The Balaban J connectivity index is 2.38. The van der Waals surface area contributed by atoms with Crippen LogP contribution < -0.4 is 0 Å². The quantitative estimate of drug-likeness (QED) is 0.420. The Bertz CT molecular complexity index is 686. The van der Waals surface area contributed by atoms with Gasteiger partial charge in [-0.3, -0.25) is 0 Å². The maximum absolute atomic E-state index is 11.9. The van der Waals surface area contributed by atoms with Crippen LogP contribution >= 0.6 is 0 Å². The Kier molecular flexibility index (Phi) is 7.87. The molecule has 13 heteroatoms. The minimum atomic E-state index is -0.988. The number of pyridine rings is 1. The van der Waals surface area contributed by atoms with E-state index < -0.39 is 33.3 Å². The minimum Gasteiger partial charge on any atom is -0.462 e. The van der Waals surface area contributed by atoms with E-state index in [1.54, 1.807) is 20.6 Å². The number of rotatable bonds is 7. The summed E-state index contributed by atoms with van der Waals surface area (Å²) in [6, 6.07) is 3.00. The molecule has 2 rings (SSSR count). The number of carbonyl (C=O) groups is 1. The maximum Gasteiger partial charge on any atom is 0.451 e. The number of guanidine groups is 1. The molecule has 2 heterocycles. The van der Waals surface area contributed by atoms with Gasteiger partial charge in [-0.15, -0.1) is 0 Å². The van der Waals surface area contributed by atoms with Crippen LogP contribution in [0.4, 0.5) is 5.82 Å². The summed E-state index contributed by atoms with van der Waals surface area (Å²) < 4.78 is 10.4. The van der Waals surface area contributed by atoms with Gasteiger partial charge >= 0.3 is 27.2 Å². The molecule has 1 aliphatic heterocycles. The van der Waals surface area contributed by atoms with Crippen molar-refractivity contribution in [2.75, 3.05) is 19.7 Å². The summed E-state index contributed by atoms with van der Waals surface area (Å²) in [6.45, 7) is 7.08. The van der Waals surface area contributed by atoms with Gasteiger partial charge in [0, 0.05) is 19.3 Å². The second-order valence-corrected chi connectivity index (χ2v) is 6.46. The number of hydrogen-bond acceptors (Lipinski definition) is 8. The summed E-state index contributed by atoms with van der Waals surface area (Å²) in [7, 11) is -2.86. The summed E-state index contributed by atoms with van der Waals surface area (Å²) in [5.41, 5.74) is 0.300.